The topological polar surface area (TPSA) is 129 Å². The second-order valence-electron chi connectivity index (χ2n) is 7.08. The van der Waals surface area contributed by atoms with Crippen LogP contribution in [0.3, 0.4) is 0 Å². The zero-order valence-corrected chi connectivity index (χ0v) is 15.5. The number of hydrogen-bond acceptors (Lipinski definition) is 5. The van der Waals surface area contributed by atoms with Crippen LogP contribution in [0.4, 0.5) is 0 Å². The molecule has 0 heterocycles. The van der Waals surface area contributed by atoms with Gasteiger partial charge in [0.25, 0.3) is 0 Å². The molecule has 8 heteroatoms. The van der Waals surface area contributed by atoms with Gasteiger partial charge in [-0.15, -0.1) is 0 Å². The van der Waals surface area contributed by atoms with Crippen molar-refractivity contribution >= 4 is 21.9 Å². The maximum absolute atomic E-state index is 12.3. The molecule has 0 aromatic heterocycles. The molecule has 1 amide bonds. The van der Waals surface area contributed by atoms with Gasteiger partial charge in [0.1, 0.15) is 0 Å². The molecule has 26 heavy (non-hydrogen) atoms. The van der Waals surface area contributed by atoms with Crippen LogP contribution in [-0.2, 0) is 26.0 Å². The molecule has 0 aliphatic heterocycles. The summed E-state index contributed by atoms with van der Waals surface area (Å²) in [6.45, 7) is 0.398. The number of nitrogens with two attached hydrogens (primary N) is 1. The fourth-order valence-corrected chi connectivity index (χ4v) is 4.13. The summed E-state index contributed by atoms with van der Waals surface area (Å²) in [7, 11) is -3.71. The highest BCUT2D eigenvalue weighted by Gasteiger charge is 2.34. The SMILES string of the molecule is NS(=O)(=O)c1ccc(CCNC(=O)CC2(CC(=O)[O-])CCCCC2)cc1. The molecule has 0 bridgehead atoms. The number of benzene rings is 1. The van der Waals surface area contributed by atoms with Crippen molar-refractivity contribution in [2.75, 3.05) is 6.54 Å². The third-order valence-electron chi connectivity index (χ3n) is 4.96. The molecule has 1 fully saturated rings. The average Bonchev–Trinajstić information content (AvgIpc) is 2.54. The summed E-state index contributed by atoms with van der Waals surface area (Å²) in [4.78, 5) is 23.4. The Labute approximate surface area is 154 Å². The quantitative estimate of drug-likeness (QED) is 0.676. The van der Waals surface area contributed by atoms with Gasteiger partial charge in [0.05, 0.1) is 4.90 Å². The molecule has 0 spiro atoms. The van der Waals surface area contributed by atoms with Gasteiger partial charge in [0, 0.05) is 18.9 Å². The van der Waals surface area contributed by atoms with E-state index >= 15 is 0 Å². The number of carboxylic acids is 1. The van der Waals surface area contributed by atoms with E-state index in [0.717, 1.165) is 37.7 Å². The van der Waals surface area contributed by atoms with Crippen LogP contribution < -0.4 is 15.6 Å². The smallest absolute Gasteiger partial charge is 0.238 e. The van der Waals surface area contributed by atoms with Crippen LogP contribution in [0.2, 0.25) is 0 Å². The fourth-order valence-electron chi connectivity index (χ4n) is 3.62. The molecule has 1 aromatic carbocycles. The van der Waals surface area contributed by atoms with Gasteiger partial charge in [-0.1, -0.05) is 31.4 Å². The van der Waals surface area contributed by atoms with Crippen molar-refractivity contribution in [1.29, 1.82) is 0 Å². The highest BCUT2D eigenvalue weighted by atomic mass is 32.2. The van der Waals surface area contributed by atoms with Gasteiger partial charge in [-0.2, -0.15) is 0 Å². The lowest BCUT2D eigenvalue weighted by Crippen LogP contribution is -2.38. The van der Waals surface area contributed by atoms with E-state index in [2.05, 4.69) is 5.32 Å². The maximum atomic E-state index is 12.3. The number of hydrogen-bond donors (Lipinski definition) is 2. The van der Waals surface area contributed by atoms with Gasteiger partial charge >= 0.3 is 0 Å². The Morgan fingerprint density at radius 1 is 1.08 bits per heavy atom. The van der Waals surface area contributed by atoms with Crippen LogP contribution in [0.1, 0.15) is 50.5 Å². The number of nitrogens with one attached hydrogen (secondary N) is 1. The van der Waals surface area contributed by atoms with Gasteiger partial charge in [-0.3, -0.25) is 4.79 Å². The van der Waals surface area contributed by atoms with Crippen molar-refractivity contribution in [3.8, 4) is 0 Å². The molecular weight excluding hydrogens is 356 g/mol. The van der Waals surface area contributed by atoms with E-state index in [4.69, 9.17) is 5.14 Å². The van der Waals surface area contributed by atoms with Gasteiger partial charge in [0.2, 0.25) is 15.9 Å². The second-order valence-corrected chi connectivity index (χ2v) is 8.64. The number of primary sulfonamides is 1. The van der Waals surface area contributed by atoms with E-state index in [1.54, 1.807) is 12.1 Å². The van der Waals surface area contributed by atoms with Gasteiger partial charge in [-0.05, 0) is 48.8 Å². The Kier molecular flexibility index (Phi) is 6.77. The summed E-state index contributed by atoms with van der Waals surface area (Å²) in [6.07, 6.45) is 5.11. The maximum Gasteiger partial charge on any atom is 0.238 e. The van der Waals surface area contributed by atoms with Crippen LogP contribution in [0.25, 0.3) is 0 Å². The van der Waals surface area contributed by atoms with E-state index in [1.807, 2.05) is 0 Å². The van der Waals surface area contributed by atoms with E-state index < -0.39 is 21.4 Å². The summed E-state index contributed by atoms with van der Waals surface area (Å²) in [5, 5.41) is 18.9. The van der Waals surface area contributed by atoms with Gasteiger partial charge < -0.3 is 15.2 Å². The standard InChI is InChI=1S/C18H26N2O5S/c19-26(24,25)15-6-4-14(5-7-15)8-11-20-16(21)12-18(13-17(22)23)9-2-1-3-10-18/h4-7H,1-3,8-13H2,(H,20,21)(H,22,23)(H2,19,24,25)/p-1. The molecular formula is C18H25N2O5S-. The molecule has 0 radical (unpaired) electrons. The Balaban J connectivity index is 1.85. The van der Waals surface area contributed by atoms with E-state index in [-0.39, 0.29) is 23.6 Å². The molecule has 7 nitrogen and oxygen atoms in total. The first kappa shape index (κ1) is 20.4. The van der Waals surface area contributed by atoms with E-state index in [9.17, 15) is 23.1 Å². The lowest BCUT2D eigenvalue weighted by Gasteiger charge is -2.37. The monoisotopic (exact) mass is 381 g/mol. The minimum atomic E-state index is -3.71. The number of aliphatic carboxylic acids is 1. The molecule has 0 saturated heterocycles. The average molecular weight is 381 g/mol. The predicted octanol–water partition coefficient (Wildman–Crippen LogP) is 0.473. The molecule has 2 rings (SSSR count). The molecule has 0 unspecified atom stereocenters. The van der Waals surface area contributed by atoms with Gasteiger partial charge in [0.15, 0.2) is 0 Å². The van der Waals surface area contributed by atoms with Crippen LogP contribution in [-0.4, -0.2) is 26.8 Å². The normalized spacial score (nSPS) is 16.8. The highest BCUT2D eigenvalue weighted by molar-refractivity contribution is 7.89. The van der Waals surface area contributed by atoms with Crippen LogP contribution in [0.15, 0.2) is 29.2 Å². The second kappa shape index (κ2) is 8.64. The number of amides is 1. The lowest BCUT2D eigenvalue weighted by molar-refractivity contribution is -0.308. The first-order valence-electron chi connectivity index (χ1n) is 8.79. The third kappa shape index (κ3) is 6.10. The van der Waals surface area contributed by atoms with E-state index in [0.29, 0.717) is 13.0 Å². The predicted molar refractivity (Wildman–Crippen MR) is 94.3 cm³/mol. The Bertz CT molecular complexity index is 737. The van der Waals surface area contributed by atoms with Crippen molar-refractivity contribution in [2.45, 2.75) is 56.3 Å². The van der Waals surface area contributed by atoms with Gasteiger partial charge in [-0.25, -0.2) is 13.6 Å². The van der Waals surface area contributed by atoms with Crippen LogP contribution in [0, 0.1) is 5.41 Å². The summed E-state index contributed by atoms with van der Waals surface area (Å²) in [5.41, 5.74) is 0.387. The molecule has 144 valence electrons. The van der Waals surface area contributed by atoms with Crippen LogP contribution in [0.5, 0.6) is 0 Å². The third-order valence-corrected chi connectivity index (χ3v) is 5.89. The number of rotatable bonds is 8. The Morgan fingerprint density at radius 2 is 1.69 bits per heavy atom. The van der Waals surface area contributed by atoms with Crippen molar-refractivity contribution in [1.82, 2.24) is 5.32 Å². The van der Waals surface area contributed by atoms with Crippen molar-refractivity contribution in [2.24, 2.45) is 10.6 Å². The van der Waals surface area contributed by atoms with E-state index in [1.165, 1.54) is 12.1 Å². The molecule has 1 saturated carbocycles. The largest absolute Gasteiger partial charge is 0.550 e. The molecule has 1 aromatic rings. The van der Waals surface area contributed by atoms with Crippen molar-refractivity contribution in [3.05, 3.63) is 29.8 Å². The number of carboxylic acid groups (broad SMARTS) is 1. The fraction of sp³-hybridized carbons (Fsp3) is 0.556. The zero-order chi connectivity index (χ0) is 19.2. The Morgan fingerprint density at radius 3 is 2.23 bits per heavy atom. The first-order valence-corrected chi connectivity index (χ1v) is 10.3. The summed E-state index contributed by atoms with van der Waals surface area (Å²) < 4.78 is 22.4. The number of sulfonamides is 1. The Hall–Kier alpha value is -1.93. The van der Waals surface area contributed by atoms with Crippen molar-refractivity contribution in [3.63, 3.8) is 0 Å². The number of carbonyl (C=O) groups is 2. The minimum Gasteiger partial charge on any atom is -0.550 e. The molecule has 3 N–H and O–H groups in total. The molecule has 0 atom stereocenters. The first-order chi connectivity index (χ1) is 12.2. The molecule has 1 aliphatic rings. The minimum absolute atomic E-state index is 0.0480. The number of carbonyl (C=O) groups excluding carboxylic acids is 2. The van der Waals surface area contributed by atoms with Crippen molar-refractivity contribution < 1.29 is 23.1 Å². The molecule has 1 aliphatic carbocycles. The lowest BCUT2D eigenvalue weighted by atomic mass is 9.69. The summed E-state index contributed by atoms with van der Waals surface area (Å²) in [5.74, 6) is -1.26. The van der Waals surface area contributed by atoms with Crippen LogP contribution >= 0.6 is 0 Å². The zero-order valence-electron chi connectivity index (χ0n) is 14.7. The summed E-state index contributed by atoms with van der Waals surface area (Å²) >= 11 is 0. The summed E-state index contributed by atoms with van der Waals surface area (Å²) in [6, 6.07) is 6.18. The highest BCUT2D eigenvalue weighted by Crippen LogP contribution is 2.42.